The second kappa shape index (κ2) is 5.48. The van der Waals surface area contributed by atoms with E-state index in [0.29, 0.717) is 31.5 Å². The molecule has 15 heavy (non-hydrogen) atoms. The van der Waals surface area contributed by atoms with Crippen molar-refractivity contribution in [2.75, 3.05) is 13.1 Å². The molecule has 0 aromatic heterocycles. The Morgan fingerprint density at radius 3 is 1.87 bits per heavy atom. The molecular formula is C11H16N2O2. The average molecular weight is 208 g/mol. The smallest absolute Gasteiger partial charge is 0.335 e. The molecule has 0 saturated carbocycles. The van der Waals surface area contributed by atoms with E-state index >= 15 is 0 Å². The maximum absolute atomic E-state index is 10.9. The third-order valence-corrected chi connectivity index (χ3v) is 2.17. The topological polar surface area (TPSA) is 89.3 Å². The fraction of sp³-hybridized carbons (Fsp3) is 0.364. The van der Waals surface area contributed by atoms with Crippen molar-refractivity contribution >= 4 is 5.97 Å². The van der Waals surface area contributed by atoms with Crippen molar-refractivity contribution in [3.63, 3.8) is 0 Å². The molecule has 0 amide bonds. The highest BCUT2D eigenvalue weighted by Crippen LogP contribution is 2.11. The van der Waals surface area contributed by atoms with Crippen LogP contribution in [0.25, 0.3) is 0 Å². The third kappa shape index (κ3) is 3.34. The molecule has 0 spiro atoms. The van der Waals surface area contributed by atoms with Gasteiger partial charge < -0.3 is 16.6 Å². The zero-order valence-electron chi connectivity index (χ0n) is 8.57. The van der Waals surface area contributed by atoms with E-state index in [9.17, 15) is 4.79 Å². The summed E-state index contributed by atoms with van der Waals surface area (Å²) in [6.45, 7) is 1.04. The standard InChI is InChI=1S/C11H16N2O2/c12-3-1-8-5-9(2-4-13)7-10(6-8)11(14)15/h5-7H,1-4,12-13H2,(H,14,15). The minimum Gasteiger partial charge on any atom is -0.478 e. The highest BCUT2D eigenvalue weighted by Gasteiger charge is 2.06. The predicted molar refractivity (Wildman–Crippen MR) is 58.9 cm³/mol. The van der Waals surface area contributed by atoms with Gasteiger partial charge in [0, 0.05) is 0 Å². The second-order valence-electron chi connectivity index (χ2n) is 3.42. The maximum atomic E-state index is 10.9. The van der Waals surface area contributed by atoms with Gasteiger partial charge in [0.15, 0.2) is 0 Å². The molecule has 0 bridgehead atoms. The van der Waals surface area contributed by atoms with E-state index < -0.39 is 5.97 Å². The molecule has 0 atom stereocenters. The van der Waals surface area contributed by atoms with E-state index in [2.05, 4.69) is 0 Å². The third-order valence-electron chi connectivity index (χ3n) is 2.17. The minimum absolute atomic E-state index is 0.310. The molecule has 0 fully saturated rings. The van der Waals surface area contributed by atoms with E-state index in [0.717, 1.165) is 11.1 Å². The molecule has 0 saturated heterocycles. The molecule has 0 radical (unpaired) electrons. The molecule has 1 rings (SSSR count). The first kappa shape index (κ1) is 11.7. The van der Waals surface area contributed by atoms with Gasteiger partial charge in [-0.15, -0.1) is 0 Å². The Bertz CT molecular complexity index is 326. The minimum atomic E-state index is -0.910. The lowest BCUT2D eigenvalue weighted by Gasteiger charge is -2.06. The van der Waals surface area contributed by atoms with Gasteiger partial charge >= 0.3 is 5.97 Å². The Hall–Kier alpha value is -1.39. The highest BCUT2D eigenvalue weighted by atomic mass is 16.4. The molecular weight excluding hydrogens is 192 g/mol. The van der Waals surface area contributed by atoms with Crippen molar-refractivity contribution in [1.29, 1.82) is 0 Å². The van der Waals surface area contributed by atoms with Crippen molar-refractivity contribution in [1.82, 2.24) is 0 Å². The van der Waals surface area contributed by atoms with Crippen LogP contribution in [-0.4, -0.2) is 24.2 Å². The van der Waals surface area contributed by atoms with Crippen LogP contribution in [0.4, 0.5) is 0 Å². The van der Waals surface area contributed by atoms with Crippen LogP contribution >= 0.6 is 0 Å². The largest absolute Gasteiger partial charge is 0.478 e. The van der Waals surface area contributed by atoms with Crippen molar-refractivity contribution in [3.05, 3.63) is 34.9 Å². The number of benzene rings is 1. The summed E-state index contributed by atoms with van der Waals surface area (Å²) in [6, 6.07) is 5.29. The van der Waals surface area contributed by atoms with Crippen LogP contribution in [0.2, 0.25) is 0 Å². The number of carboxylic acid groups (broad SMARTS) is 1. The molecule has 0 aliphatic rings. The lowest BCUT2D eigenvalue weighted by atomic mass is 10.0. The fourth-order valence-corrected chi connectivity index (χ4v) is 1.51. The molecule has 0 unspecified atom stereocenters. The van der Waals surface area contributed by atoms with Gasteiger partial charge in [0.2, 0.25) is 0 Å². The van der Waals surface area contributed by atoms with Crippen molar-refractivity contribution in [3.8, 4) is 0 Å². The molecule has 5 N–H and O–H groups in total. The van der Waals surface area contributed by atoms with Crippen LogP contribution in [0.1, 0.15) is 21.5 Å². The number of aromatic carboxylic acids is 1. The summed E-state index contributed by atoms with van der Waals surface area (Å²) in [5.41, 5.74) is 13.1. The molecule has 82 valence electrons. The summed E-state index contributed by atoms with van der Waals surface area (Å²) in [6.07, 6.45) is 1.39. The highest BCUT2D eigenvalue weighted by molar-refractivity contribution is 5.88. The number of carbonyl (C=O) groups is 1. The number of carboxylic acids is 1. The van der Waals surface area contributed by atoms with Crippen LogP contribution in [0.3, 0.4) is 0 Å². The Labute approximate surface area is 88.9 Å². The summed E-state index contributed by atoms with van der Waals surface area (Å²) >= 11 is 0. The Balaban J connectivity index is 3.02. The van der Waals surface area contributed by atoms with Crippen LogP contribution in [-0.2, 0) is 12.8 Å². The molecule has 0 heterocycles. The van der Waals surface area contributed by atoms with Gasteiger partial charge in [-0.2, -0.15) is 0 Å². The predicted octanol–water partition coefficient (Wildman–Crippen LogP) is 0.387. The molecule has 0 aliphatic heterocycles. The van der Waals surface area contributed by atoms with E-state index in [1.165, 1.54) is 0 Å². The normalized spacial score (nSPS) is 10.3. The molecule has 4 nitrogen and oxygen atoms in total. The van der Waals surface area contributed by atoms with E-state index in [1.54, 1.807) is 12.1 Å². The van der Waals surface area contributed by atoms with E-state index in [-0.39, 0.29) is 0 Å². The summed E-state index contributed by atoms with van der Waals surface area (Å²) in [7, 11) is 0. The van der Waals surface area contributed by atoms with Crippen LogP contribution in [0.5, 0.6) is 0 Å². The molecule has 1 aromatic carbocycles. The fourth-order valence-electron chi connectivity index (χ4n) is 1.51. The zero-order chi connectivity index (χ0) is 11.3. The molecule has 1 aromatic rings. The van der Waals surface area contributed by atoms with Crippen molar-refractivity contribution in [2.24, 2.45) is 11.5 Å². The lowest BCUT2D eigenvalue weighted by molar-refractivity contribution is 0.0696. The number of hydrogen-bond acceptors (Lipinski definition) is 3. The van der Waals surface area contributed by atoms with Crippen molar-refractivity contribution in [2.45, 2.75) is 12.8 Å². The van der Waals surface area contributed by atoms with Crippen LogP contribution in [0.15, 0.2) is 18.2 Å². The van der Waals surface area contributed by atoms with Crippen molar-refractivity contribution < 1.29 is 9.90 Å². The lowest BCUT2D eigenvalue weighted by Crippen LogP contribution is -2.08. The van der Waals surface area contributed by atoms with Crippen LogP contribution in [0, 0.1) is 0 Å². The first-order valence-corrected chi connectivity index (χ1v) is 4.93. The molecule has 4 heteroatoms. The monoisotopic (exact) mass is 208 g/mol. The van der Waals surface area contributed by atoms with Gasteiger partial charge in [-0.05, 0) is 49.2 Å². The van der Waals surface area contributed by atoms with Gasteiger partial charge in [-0.1, -0.05) is 6.07 Å². The SMILES string of the molecule is NCCc1cc(CCN)cc(C(=O)O)c1. The van der Waals surface area contributed by atoms with E-state index in [1.807, 2.05) is 6.07 Å². The summed E-state index contributed by atoms with van der Waals surface area (Å²) in [5, 5.41) is 8.91. The van der Waals surface area contributed by atoms with Gasteiger partial charge in [0.05, 0.1) is 5.56 Å². The Morgan fingerprint density at radius 2 is 1.53 bits per heavy atom. The zero-order valence-corrected chi connectivity index (χ0v) is 8.57. The Morgan fingerprint density at radius 1 is 1.07 bits per heavy atom. The first-order chi connectivity index (χ1) is 7.17. The number of nitrogens with two attached hydrogens (primary N) is 2. The van der Waals surface area contributed by atoms with Gasteiger partial charge in [0.25, 0.3) is 0 Å². The van der Waals surface area contributed by atoms with Gasteiger partial charge in [-0.3, -0.25) is 0 Å². The average Bonchev–Trinajstić information content (AvgIpc) is 2.18. The van der Waals surface area contributed by atoms with Gasteiger partial charge in [-0.25, -0.2) is 4.79 Å². The maximum Gasteiger partial charge on any atom is 0.335 e. The summed E-state index contributed by atoms with van der Waals surface area (Å²) < 4.78 is 0. The number of rotatable bonds is 5. The second-order valence-corrected chi connectivity index (χ2v) is 3.42. The van der Waals surface area contributed by atoms with Crippen LogP contribution < -0.4 is 11.5 Å². The summed E-state index contributed by atoms with van der Waals surface area (Å²) in [4.78, 5) is 10.9. The van der Waals surface area contributed by atoms with E-state index in [4.69, 9.17) is 16.6 Å². The quantitative estimate of drug-likeness (QED) is 0.653. The van der Waals surface area contributed by atoms with Gasteiger partial charge in [0.1, 0.15) is 0 Å². The summed E-state index contributed by atoms with van der Waals surface area (Å²) in [5.74, 6) is -0.910. The Kier molecular flexibility index (Phi) is 4.27. The molecule has 0 aliphatic carbocycles. The first-order valence-electron chi connectivity index (χ1n) is 4.93. The number of hydrogen-bond donors (Lipinski definition) is 3.